The van der Waals surface area contributed by atoms with E-state index in [4.69, 9.17) is 13.9 Å². The lowest BCUT2D eigenvalue weighted by atomic mass is 10.0. The fraction of sp³-hybridized carbons (Fsp3) is 0.200. The summed E-state index contributed by atoms with van der Waals surface area (Å²) in [4.78, 5) is 23.7. The van der Waals surface area contributed by atoms with E-state index in [2.05, 4.69) is 0 Å². The van der Waals surface area contributed by atoms with Crippen LogP contribution in [0.25, 0.3) is 22.1 Å². The molecule has 3 rings (SSSR count). The summed E-state index contributed by atoms with van der Waals surface area (Å²) in [6.45, 7) is 3.48. The Morgan fingerprint density at radius 3 is 2.52 bits per heavy atom. The Hall–Kier alpha value is -3.08. The predicted octanol–water partition coefficient (Wildman–Crippen LogP) is 3.71. The van der Waals surface area contributed by atoms with Crippen LogP contribution < -0.4 is 10.4 Å². The second-order valence-corrected chi connectivity index (χ2v) is 5.76. The average Bonchev–Trinajstić information content (AvgIpc) is 2.60. The topological polar surface area (TPSA) is 65.7 Å². The summed E-state index contributed by atoms with van der Waals surface area (Å²) < 4.78 is 15.9. The zero-order valence-corrected chi connectivity index (χ0v) is 14.2. The Balaban J connectivity index is 2.26. The molecule has 0 aliphatic carbocycles. The van der Waals surface area contributed by atoms with Crippen molar-refractivity contribution in [2.75, 3.05) is 7.11 Å². The van der Waals surface area contributed by atoms with Crippen LogP contribution in [0.5, 0.6) is 5.75 Å². The van der Waals surface area contributed by atoms with Gasteiger partial charge in [0.15, 0.2) is 6.10 Å². The van der Waals surface area contributed by atoms with Gasteiger partial charge in [0.1, 0.15) is 11.3 Å². The Morgan fingerprint density at radius 2 is 1.84 bits per heavy atom. The van der Waals surface area contributed by atoms with E-state index in [-0.39, 0.29) is 0 Å². The molecule has 0 amide bonds. The molecule has 1 aromatic heterocycles. The van der Waals surface area contributed by atoms with Gasteiger partial charge in [0.2, 0.25) is 0 Å². The van der Waals surface area contributed by atoms with Gasteiger partial charge in [-0.1, -0.05) is 30.3 Å². The van der Waals surface area contributed by atoms with E-state index >= 15 is 0 Å². The van der Waals surface area contributed by atoms with Crippen molar-refractivity contribution < 1.29 is 18.7 Å². The molecule has 0 bridgehead atoms. The molecule has 5 nitrogen and oxygen atoms in total. The number of carbonyl (C=O) groups is 1. The highest BCUT2D eigenvalue weighted by molar-refractivity contribution is 5.98. The third-order valence-electron chi connectivity index (χ3n) is 3.87. The molecule has 0 saturated carbocycles. The Morgan fingerprint density at radius 1 is 1.12 bits per heavy atom. The van der Waals surface area contributed by atoms with Crippen LogP contribution in [-0.4, -0.2) is 19.2 Å². The van der Waals surface area contributed by atoms with Gasteiger partial charge in [0, 0.05) is 11.6 Å². The minimum atomic E-state index is -0.787. The number of hydrogen-bond donors (Lipinski definition) is 0. The number of esters is 1. The van der Waals surface area contributed by atoms with Crippen LogP contribution >= 0.6 is 0 Å². The highest BCUT2D eigenvalue weighted by Crippen LogP contribution is 2.35. The van der Waals surface area contributed by atoms with Gasteiger partial charge in [-0.2, -0.15) is 0 Å². The fourth-order valence-electron chi connectivity index (χ4n) is 2.74. The molecule has 2 aromatic carbocycles. The Bertz CT molecular complexity index is 973. The lowest BCUT2D eigenvalue weighted by molar-refractivity contribution is -0.147. The molecule has 25 heavy (non-hydrogen) atoms. The zero-order valence-electron chi connectivity index (χ0n) is 14.2. The average molecular weight is 338 g/mol. The van der Waals surface area contributed by atoms with Gasteiger partial charge in [-0.25, -0.2) is 9.59 Å². The number of ether oxygens (including phenoxy) is 2. The van der Waals surface area contributed by atoms with Gasteiger partial charge in [0.05, 0.1) is 12.5 Å². The van der Waals surface area contributed by atoms with E-state index in [0.717, 1.165) is 11.1 Å². The molecule has 0 saturated heterocycles. The van der Waals surface area contributed by atoms with Gasteiger partial charge >= 0.3 is 11.6 Å². The molecular weight excluding hydrogens is 320 g/mol. The maximum Gasteiger partial charge on any atom is 0.346 e. The predicted molar refractivity (Wildman–Crippen MR) is 94.8 cm³/mol. The summed E-state index contributed by atoms with van der Waals surface area (Å²) in [5.41, 5.74) is 2.38. The van der Waals surface area contributed by atoms with E-state index in [1.54, 1.807) is 13.0 Å². The number of carbonyl (C=O) groups excluding carboxylic acids is 1. The molecule has 0 spiro atoms. The minimum Gasteiger partial charge on any atom is -0.478 e. The standard InChI is InChI=1S/C20H18O5/c1-12-9-16(24-13(2)20(22)23-3)19-15(14-7-5-4-6-8-14)11-18(21)25-17(19)10-12/h4-11,13H,1-3H3/t13-/m1/s1. The molecule has 128 valence electrons. The van der Waals surface area contributed by atoms with Crippen molar-refractivity contribution in [3.05, 3.63) is 64.5 Å². The van der Waals surface area contributed by atoms with E-state index in [0.29, 0.717) is 22.3 Å². The molecule has 0 aliphatic heterocycles. The van der Waals surface area contributed by atoms with Crippen molar-refractivity contribution in [1.82, 2.24) is 0 Å². The highest BCUT2D eigenvalue weighted by Gasteiger charge is 2.19. The molecule has 1 atom stereocenters. The van der Waals surface area contributed by atoms with Crippen LogP contribution in [-0.2, 0) is 9.53 Å². The van der Waals surface area contributed by atoms with E-state index < -0.39 is 17.7 Å². The molecule has 0 fully saturated rings. The summed E-state index contributed by atoms with van der Waals surface area (Å²) in [6, 6.07) is 14.5. The van der Waals surface area contributed by atoms with Crippen LogP contribution in [0.2, 0.25) is 0 Å². The molecule has 5 heteroatoms. The monoisotopic (exact) mass is 338 g/mol. The summed E-state index contributed by atoms with van der Waals surface area (Å²) in [5.74, 6) is -0.0104. The van der Waals surface area contributed by atoms with E-state index in [1.165, 1.54) is 13.2 Å². The van der Waals surface area contributed by atoms with Crippen LogP contribution in [0.4, 0.5) is 0 Å². The SMILES string of the molecule is COC(=O)[C@@H](C)Oc1cc(C)cc2oc(=O)cc(-c3ccccc3)c12. The molecule has 0 unspecified atom stereocenters. The molecule has 0 radical (unpaired) electrons. The maximum atomic E-state index is 12.0. The summed E-state index contributed by atoms with van der Waals surface area (Å²) in [6.07, 6.45) is -0.787. The van der Waals surface area contributed by atoms with Crippen molar-refractivity contribution in [2.45, 2.75) is 20.0 Å². The van der Waals surface area contributed by atoms with Crippen LogP contribution in [0.1, 0.15) is 12.5 Å². The van der Waals surface area contributed by atoms with E-state index in [1.807, 2.05) is 43.3 Å². The zero-order chi connectivity index (χ0) is 18.0. The Kier molecular flexibility index (Phi) is 4.57. The summed E-state index contributed by atoms with van der Waals surface area (Å²) >= 11 is 0. The largest absolute Gasteiger partial charge is 0.478 e. The third-order valence-corrected chi connectivity index (χ3v) is 3.87. The van der Waals surface area contributed by atoms with Crippen molar-refractivity contribution in [3.63, 3.8) is 0 Å². The second kappa shape index (κ2) is 6.81. The molecule has 3 aromatic rings. The van der Waals surface area contributed by atoms with Gasteiger partial charge in [-0.05, 0) is 37.1 Å². The second-order valence-electron chi connectivity index (χ2n) is 5.76. The van der Waals surface area contributed by atoms with Gasteiger partial charge in [-0.15, -0.1) is 0 Å². The number of methoxy groups -OCH3 is 1. The highest BCUT2D eigenvalue weighted by atomic mass is 16.6. The van der Waals surface area contributed by atoms with Crippen LogP contribution in [0, 0.1) is 6.92 Å². The summed E-state index contributed by atoms with van der Waals surface area (Å²) in [7, 11) is 1.31. The molecule has 0 N–H and O–H groups in total. The number of hydrogen-bond acceptors (Lipinski definition) is 5. The lowest BCUT2D eigenvalue weighted by Gasteiger charge is -2.16. The first kappa shape index (κ1) is 16.8. The molecule has 1 heterocycles. The first-order valence-electron chi connectivity index (χ1n) is 7.88. The van der Waals surface area contributed by atoms with Crippen LogP contribution in [0.15, 0.2) is 57.7 Å². The molecule has 0 aliphatic rings. The smallest absolute Gasteiger partial charge is 0.346 e. The number of fused-ring (bicyclic) bond motifs is 1. The van der Waals surface area contributed by atoms with Gasteiger partial charge in [0.25, 0.3) is 0 Å². The lowest BCUT2D eigenvalue weighted by Crippen LogP contribution is -2.25. The maximum absolute atomic E-state index is 12.0. The number of benzene rings is 2. The minimum absolute atomic E-state index is 0.415. The third kappa shape index (κ3) is 3.40. The van der Waals surface area contributed by atoms with Crippen molar-refractivity contribution in [2.24, 2.45) is 0 Å². The quantitative estimate of drug-likeness (QED) is 0.536. The van der Waals surface area contributed by atoms with Gasteiger partial charge in [-0.3, -0.25) is 0 Å². The first-order valence-corrected chi connectivity index (χ1v) is 7.88. The van der Waals surface area contributed by atoms with Gasteiger partial charge < -0.3 is 13.9 Å². The van der Waals surface area contributed by atoms with Crippen molar-refractivity contribution in [3.8, 4) is 16.9 Å². The Labute approximate surface area is 144 Å². The van der Waals surface area contributed by atoms with E-state index in [9.17, 15) is 9.59 Å². The van der Waals surface area contributed by atoms with Crippen LogP contribution in [0.3, 0.4) is 0 Å². The first-order chi connectivity index (χ1) is 12.0. The number of aryl methyl sites for hydroxylation is 1. The molecular formula is C20H18O5. The normalized spacial score (nSPS) is 12.0. The fourth-order valence-corrected chi connectivity index (χ4v) is 2.74. The van der Waals surface area contributed by atoms with Crippen molar-refractivity contribution in [1.29, 1.82) is 0 Å². The summed E-state index contributed by atoms with van der Waals surface area (Å²) in [5, 5.41) is 0.646. The number of rotatable bonds is 4. The van der Waals surface area contributed by atoms with Crippen molar-refractivity contribution >= 4 is 16.9 Å².